The van der Waals surface area contributed by atoms with Gasteiger partial charge in [0, 0.05) is 0 Å². The first kappa shape index (κ1) is 10.7. The average Bonchev–Trinajstić information content (AvgIpc) is 2.85. The average molecular weight is 214 g/mol. The number of hydrogen-bond acceptors (Lipinski definition) is 2. The van der Waals surface area contributed by atoms with Crippen LogP contribution in [0.25, 0.3) is 0 Å². The van der Waals surface area contributed by atoms with Gasteiger partial charge in [0.1, 0.15) is 11.9 Å². The number of ether oxygens (including phenoxy) is 1. The Labute approximate surface area is 95.2 Å². The van der Waals surface area contributed by atoms with E-state index < -0.39 is 0 Å². The zero-order chi connectivity index (χ0) is 11.2. The molecule has 0 fully saturated rings. The highest BCUT2D eigenvalue weighted by Crippen LogP contribution is 2.20. The van der Waals surface area contributed by atoms with E-state index in [1.54, 1.807) is 12.3 Å². The third-order valence-electron chi connectivity index (χ3n) is 2.31. The maximum absolute atomic E-state index is 5.71. The molecule has 1 aromatic heterocycles. The highest BCUT2D eigenvalue weighted by molar-refractivity contribution is 5.14. The van der Waals surface area contributed by atoms with Crippen molar-refractivity contribution in [2.24, 2.45) is 0 Å². The van der Waals surface area contributed by atoms with Gasteiger partial charge in [-0.1, -0.05) is 36.4 Å². The topological polar surface area (TPSA) is 22.4 Å². The van der Waals surface area contributed by atoms with E-state index in [1.165, 1.54) is 0 Å². The van der Waals surface area contributed by atoms with E-state index in [2.05, 4.69) is 6.58 Å². The number of rotatable bonds is 5. The van der Waals surface area contributed by atoms with Crippen molar-refractivity contribution < 1.29 is 9.15 Å². The molecule has 2 rings (SSSR count). The molecule has 82 valence electrons. The Morgan fingerprint density at radius 1 is 1.19 bits per heavy atom. The van der Waals surface area contributed by atoms with Crippen molar-refractivity contribution >= 4 is 0 Å². The van der Waals surface area contributed by atoms with Crippen molar-refractivity contribution in [2.75, 3.05) is 0 Å². The number of benzene rings is 1. The first-order valence-electron chi connectivity index (χ1n) is 5.21. The van der Waals surface area contributed by atoms with E-state index in [0.29, 0.717) is 6.61 Å². The molecule has 0 saturated carbocycles. The summed E-state index contributed by atoms with van der Waals surface area (Å²) in [4.78, 5) is 0. The van der Waals surface area contributed by atoms with Crippen LogP contribution >= 0.6 is 0 Å². The molecule has 1 aromatic carbocycles. The summed E-state index contributed by atoms with van der Waals surface area (Å²) in [5.74, 6) is 0.783. The van der Waals surface area contributed by atoms with Crippen LogP contribution in [0.4, 0.5) is 0 Å². The Morgan fingerprint density at radius 2 is 2.00 bits per heavy atom. The van der Waals surface area contributed by atoms with E-state index >= 15 is 0 Å². The third kappa shape index (κ3) is 2.61. The van der Waals surface area contributed by atoms with Crippen LogP contribution in [-0.2, 0) is 11.3 Å². The zero-order valence-electron chi connectivity index (χ0n) is 9.00. The van der Waals surface area contributed by atoms with Gasteiger partial charge in [-0.25, -0.2) is 0 Å². The summed E-state index contributed by atoms with van der Waals surface area (Å²) in [6, 6.07) is 13.8. The quantitative estimate of drug-likeness (QED) is 0.708. The standard InChI is InChI=1S/C14H14O2/c1-2-13(14-9-6-10-15-14)16-11-12-7-4-3-5-8-12/h2-10,13H,1,11H2/t13-/m1/s1. The van der Waals surface area contributed by atoms with Gasteiger partial charge in [0.15, 0.2) is 0 Å². The molecule has 0 saturated heterocycles. The first-order chi connectivity index (χ1) is 7.90. The molecule has 16 heavy (non-hydrogen) atoms. The maximum Gasteiger partial charge on any atom is 0.136 e. The van der Waals surface area contributed by atoms with Gasteiger partial charge in [0.05, 0.1) is 12.9 Å². The first-order valence-corrected chi connectivity index (χ1v) is 5.21. The second-order valence-corrected chi connectivity index (χ2v) is 3.47. The van der Waals surface area contributed by atoms with Gasteiger partial charge in [0.2, 0.25) is 0 Å². The van der Waals surface area contributed by atoms with Gasteiger partial charge in [-0.05, 0) is 17.7 Å². The molecule has 0 radical (unpaired) electrons. The van der Waals surface area contributed by atoms with Crippen LogP contribution in [0.5, 0.6) is 0 Å². The molecule has 1 atom stereocenters. The van der Waals surface area contributed by atoms with Crippen molar-refractivity contribution in [1.82, 2.24) is 0 Å². The van der Waals surface area contributed by atoms with Crippen molar-refractivity contribution in [3.05, 3.63) is 72.7 Å². The van der Waals surface area contributed by atoms with E-state index in [0.717, 1.165) is 11.3 Å². The van der Waals surface area contributed by atoms with Crippen LogP contribution < -0.4 is 0 Å². The lowest BCUT2D eigenvalue weighted by atomic mass is 10.2. The Kier molecular flexibility index (Phi) is 3.57. The Balaban J connectivity index is 1.96. The molecule has 0 bridgehead atoms. The smallest absolute Gasteiger partial charge is 0.136 e. The van der Waals surface area contributed by atoms with Crippen LogP contribution in [-0.4, -0.2) is 0 Å². The molecule has 1 heterocycles. The molecule has 0 spiro atoms. The van der Waals surface area contributed by atoms with Crippen LogP contribution in [0.1, 0.15) is 17.4 Å². The van der Waals surface area contributed by atoms with E-state index in [9.17, 15) is 0 Å². The summed E-state index contributed by atoms with van der Waals surface area (Å²) in [6.45, 7) is 4.30. The van der Waals surface area contributed by atoms with Crippen LogP contribution in [0, 0.1) is 0 Å². The number of hydrogen-bond donors (Lipinski definition) is 0. The molecule has 0 aliphatic carbocycles. The molecular weight excluding hydrogens is 200 g/mol. The highest BCUT2D eigenvalue weighted by atomic mass is 16.5. The van der Waals surface area contributed by atoms with Crippen LogP contribution in [0.15, 0.2) is 65.8 Å². The second kappa shape index (κ2) is 5.33. The normalized spacial score (nSPS) is 12.2. The SMILES string of the molecule is C=C[C@@H](OCc1ccccc1)c1ccco1. The lowest BCUT2D eigenvalue weighted by Crippen LogP contribution is -2.00. The van der Waals surface area contributed by atoms with Gasteiger partial charge in [-0.15, -0.1) is 6.58 Å². The fourth-order valence-corrected chi connectivity index (χ4v) is 1.48. The fraction of sp³-hybridized carbons (Fsp3) is 0.143. The molecule has 2 heteroatoms. The van der Waals surface area contributed by atoms with E-state index in [1.807, 2.05) is 42.5 Å². The zero-order valence-corrected chi connectivity index (χ0v) is 9.00. The monoisotopic (exact) mass is 214 g/mol. The van der Waals surface area contributed by atoms with Crippen molar-refractivity contribution in [3.8, 4) is 0 Å². The summed E-state index contributed by atoms with van der Waals surface area (Å²) in [7, 11) is 0. The second-order valence-electron chi connectivity index (χ2n) is 3.47. The van der Waals surface area contributed by atoms with Gasteiger partial charge in [-0.3, -0.25) is 0 Å². The van der Waals surface area contributed by atoms with Crippen LogP contribution in [0.2, 0.25) is 0 Å². The molecule has 0 aliphatic rings. The van der Waals surface area contributed by atoms with Gasteiger partial charge >= 0.3 is 0 Å². The van der Waals surface area contributed by atoms with Crippen molar-refractivity contribution in [2.45, 2.75) is 12.7 Å². The summed E-state index contributed by atoms with van der Waals surface area (Å²) < 4.78 is 11.0. The van der Waals surface area contributed by atoms with E-state index in [-0.39, 0.29) is 6.10 Å². The van der Waals surface area contributed by atoms with E-state index in [4.69, 9.17) is 9.15 Å². The summed E-state index contributed by atoms with van der Waals surface area (Å²) >= 11 is 0. The molecule has 0 amide bonds. The Hall–Kier alpha value is -1.80. The minimum Gasteiger partial charge on any atom is -0.466 e. The third-order valence-corrected chi connectivity index (χ3v) is 2.31. The predicted octanol–water partition coefficient (Wildman–Crippen LogP) is 3.72. The molecular formula is C14H14O2. The molecule has 2 nitrogen and oxygen atoms in total. The van der Waals surface area contributed by atoms with Crippen molar-refractivity contribution in [1.29, 1.82) is 0 Å². The minimum absolute atomic E-state index is 0.185. The summed E-state index contributed by atoms with van der Waals surface area (Å²) in [5.41, 5.74) is 1.14. The van der Waals surface area contributed by atoms with Crippen molar-refractivity contribution in [3.63, 3.8) is 0 Å². The largest absolute Gasteiger partial charge is 0.466 e. The van der Waals surface area contributed by atoms with Gasteiger partial charge in [0.25, 0.3) is 0 Å². The Morgan fingerprint density at radius 3 is 2.62 bits per heavy atom. The minimum atomic E-state index is -0.185. The predicted molar refractivity (Wildman–Crippen MR) is 62.9 cm³/mol. The Bertz CT molecular complexity index is 417. The highest BCUT2D eigenvalue weighted by Gasteiger charge is 2.10. The number of furan rings is 1. The van der Waals surface area contributed by atoms with Gasteiger partial charge in [-0.2, -0.15) is 0 Å². The molecule has 0 N–H and O–H groups in total. The summed E-state index contributed by atoms with van der Waals surface area (Å²) in [6.07, 6.45) is 3.19. The molecule has 0 unspecified atom stereocenters. The fourth-order valence-electron chi connectivity index (χ4n) is 1.48. The van der Waals surface area contributed by atoms with Gasteiger partial charge < -0.3 is 9.15 Å². The summed E-state index contributed by atoms with van der Waals surface area (Å²) in [5, 5.41) is 0. The maximum atomic E-state index is 5.71. The van der Waals surface area contributed by atoms with Crippen LogP contribution in [0.3, 0.4) is 0 Å². The molecule has 0 aliphatic heterocycles. The molecule has 2 aromatic rings. The lowest BCUT2D eigenvalue weighted by molar-refractivity contribution is 0.0577. The lowest BCUT2D eigenvalue weighted by Gasteiger charge is -2.11.